The average molecular weight is 430 g/mol. The SMILES string of the molecule is CCNC(=NCc1cccc(NC(=O)C2CCCO2)c1)NCCN1CCCCC1CC. The van der Waals surface area contributed by atoms with Gasteiger partial charge in [0, 0.05) is 38.0 Å². The molecule has 0 saturated carbocycles. The minimum atomic E-state index is -0.321. The van der Waals surface area contributed by atoms with Gasteiger partial charge in [-0.3, -0.25) is 9.69 Å². The summed E-state index contributed by atoms with van der Waals surface area (Å²) in [6, 6.07) is 8.61. The van der Waals surface area contributed by atoms with Gasteiger partial charge in [0.25, 0.3) is 5.91 Å². The summed E-state index contributed by atoms with van der Waals surface area (Å²) in [7, 11) is 0. The molecule has 7 heteroatoms. The average Bonchev–Trinajstić information content (AvgIpc) is 3.33. The quantitative estimate of drug-likeness (QED) is 0.415. The van der Waals surface area contributed by atoms with Gasteiger partial charge in [-0.05, 0) is 63.3 Å². The number of hydrogen-bond acceptors (Lipinski definition) is 4. The largest absolute Gasteiger partial charge is 0.368 e. The fourth-order valence-corrected chi connectivity index (χ4v) is 4.40. The van der Waals surface area contributed by atoms with Gasteiger partial charge in [-0.25, -0.2) is 4.99 Å². The van der Waals surface area contributed by atoms with Gasteiger partial charge in [-0.15, -0.1) is 0 Å². The topological polar surface area (TPSA) is 78.0 Å². The first-order valence-corrected chi connectivity index (χ1v) is 12.0. The molecular formula is C24H39N5O2. The molecular weight excluding hydrogens is 390 g/mol. The van der Waals surface area contributed by atoms with E-state index in [1.807, 2.05) is 24.3 Å². The first-order valence-electron chi connectivity index (χ1n) is 12.0. The van der Waals surface area contributed by atoms with Gasteiger partial charge in [-0.1, -0.05) is 25.5 Å². The van der Waals surface area contributed by atoms with Crippen molar-refractivity contribution in [3.8, 4) is 0 Å². The van der Waals surface area contributed by atoms with Gasteiger partial charge in [-0.2, -0.15) is 0 Å². The van der Waals surface area contributed by atoms with E-state index in [-0.39, 0.29) is 12.0 Å². The number of piperidine rings is 1. The number of amides is 1. The maximum Gasteiger partial charge on any atom is 0.253 e. The first-order chi connectivity index (χ1) is 15.2. The number of anilines is 1. The normalized spacial score (nSPS) is 22.3. The van der Waals surface area contributed by atoms with E-state index in [1.54, 1.807) is 0 Å². The van der Waals surface area contributed by atoms with Crippen LogP contribution in [-0.4, -0.2) is 61.7 Å². The molecule has 2 fully saturated rings. The highest BCUT2D eigenvalue weighted by molar-refractivity contribution is 5.94. The van der Waals surface area contributed by atoms with E-state index in [2.05, 4.69) is 34.7 Å². The van der Waals surface area contributed by atoms with Crippen molar-refractivity contribution < 1.29 is 9.53 Å². The molecule has 3 rings (SSSR count). The van der Waals surface area contributed by atoms with E-state index < -0.39 is 0 Å². The molecule has 2 atom stereocenters. The lowest BCUT2D eigenvalue weighted by Gasteiger charge is -2.35. The highest BCUT2D eigenvalue weighted by Gasteiger charge is 2.23. The molecule has 1 aromatic carbocycles. The number of likely N-dealkylation sites (tertiary alicyclic amines) is 1. The van der Waals surface area contributed by atoms with Gasteiger partial charge in [0.2, 0.25) is 0 Å². The Hall–Kier alpha value is -2.12. The number of carbonyl (C=O) groups excluding carboxylic acids is 1. The molecule has 2 saturated heterocycles. The van der Waals surface area contributed by atoms with Gasteiger partial charge < -0.3 is 20.7 Å². The molecule has 2 unspecified atom stereocenters. The molecule has 3 N–H and O–H groups in total. The van der Waals surface area contributed by atoms with Crippen LogP contribution in [0.15, 0.2) is 29.3 Å². The van der Waals surface area contributed by atoms with E-state index in [1.165, 1.54) is 32.2 Å². The highest BCUT2D eigenvalue weighted by Crippen LogP contribution is 2.19. The molecule has 31 heavy (non-hydrogen) atoms. The molecule has 0 spiro atoms. The second kappa shape index (κ2) is 12.7. The number of aliphatic imine (C=N–C) groups is 1. The minimum absolute atomic E-state index is 0.0590. The molecule has 0 bridgehead atoms. The van der Waals surface area contributed by atoms with Crippen molar-refractivity contribution in [2.45, 2.75) is 71.1 Å². The van der Waals surface area contributed by atoms with Crippen LogP contribution in [0.5, 0.6) is 0 Å². The number of benzene rings is 1. The fraction of sp³-hybridized carbons (Fsp3) is 0.667. The number of nitrogens with zero attached hydrogens (tertiary/aromatic N) is 2. The maximum atomic E-state index is 12.3. The summed E-state index contributed by atoms with van der Waals surface area (Å²) >= 11 is 0. The Kier molecular flexibility index (Phi) is 9.62. The molecule has 1 amide bonds. The van der Waals surface area contributed by atoms with Crippen molar-refractivity contribution in [3.05, 3.63) is 29.8 Å². The molecule has 1 aromatic rings. The van der Waals surface area contributed by atoms with Crippen molar-refractivity contribution in [2.75, 3.05) is 38.1 Å². The van der Waals surface area contributed by atoms with Gasteiger partial charge in [0.1, 0.15) is 6.10 Å². The van der Waals surface area contributed by atoms with Gasteiger partial charge in [0.05, 0.1) is 6.54 Å². The summed E-state index contributed by atoms with van der Waals surface area (Å²) in [5.74, 6) is 0.776. The van der Waals surface area contributed by atoms with Crippen LogP contribution in [-0.2, 0) is 16.1 Å². The zero-order chi connectivity index (χ0) is 21.9. The van der Waals surface area contributed by atoms with Crippen molar-refractivity contribution in [3.63, 3.8) is 0 Å². The van der Waals surface area contributed by atoms with E-state index in [9.17, 15) is 4.79 Å². The zero-order valence-electron chi connectivity index (χ0n) is 19.2. The van der Waals surface area contributed by atoms with Crippen LogP contribution in [0.1, 0.15) is 57.9 Å². The summed E-state index contributed by atoms with van der Waals surface area (Å²) in [5, 5.41) is 9.78. The van der Waals surface area contributed by atoms with Crippen LogP contribution in [0.3, 0.4) is 0 Å². The van der Waals surface area contributed by atoms with Crippen molar-refractivity contribution in [1.82, 2.24) is 15.5 Å². The summed E-state index contributed by atoms with van der Waals surface area (Å²) < 4.78 is 5.46. The second-order valence-corrected chi connectivity index (χ2v) is 8.41. The van der Waals surface area contributed by atoms with E-state index in [4.69, 9.17) is 9.73 Å². The maximum absolute atomic E-state index is 12.3. The van der Waals surface area contributed by atoms with Crippen molar-refractivity contribution >= 4 is 17.6 Å². The van der Waals surface area contributed by atoms with Crippen LogP contribution in [0.2, 0.25) is 0 Å². The van der Waals surface area contributed by atoms with E-state index in [0.717, 1.165) is 55.7 Å². The molecule has 7 nitrogen and oxygen atoms in total. The third-order valence-electron chi connectivity index (χ3n) is 6.09. The lowest BCUT2D eigenvalue weighted by molar-refractivity contribution is -0.124. The third kappa shape index (κ3) is 7.51. The van der Waals surface area contributed by atoms with Crippen LogP contribution < -0.4 is 16.0 Å². The van der Waals surface area contributed by atoms with E-state index in [0.29, 0.717) is 13.2 Å². The first kappa shape index (κ1) is 23.5. The Labute approximate surface area is 187 Å². The molecule has 2 aliphatic rings. The lowest BCUT2D eigenvalue weighted by atomic mass is 10.0. The number of nitrogens with one attached hydrogen (secondary N) is 3. The predicted molar refractivity (Wildman–Crippen MR) is 126 cm³/mol. The monoisotopic (exact) mass is 429 g/mol. The van der Waals surface area contributed by atoms with Crippen molar-refractivity contribution in [2.24, 2.45) is 4.99 Å². The molecule has 0 aromatic heterocycles. The molecule has 0 radical (unpaired) electrons. The van der Waals surface area contributed by atoms with Crippen LogP contribution in [0.25, 0.3) is 0 Å². The number of hydrogen-bond donors (Lipinski definition) is 3. The predicted octanol–water partition coefficient (Wildman–Crippen LogP) is 3.12. The highest BCUT2D eigenvalue weighted by atomic mass is 16.5. The summed E-state index contributed by atoms with van der Waals surface area (Å²) in [5.41, 5.74) is 1.85. The Morgan fingerprint density at radius 3 is 2.87 bits per heavy atom. The number of ether oxygens (including phenoxy) is 1. The molecule has 2 aliphatic heterocycles. The second-order valence-electron chi connectivity index (χ2n) is 8.41. The van der Waals surface area contributed by atoms with Crippen LogP contribution in [0, 0.1) is 0 Å². The van der Waals surface area contributed by atoms with Crippen molar-refractivity contribution in [1.29, 1.82) is 0 Å². The standard InChI is InChI=1S/C24H39N5O2/c1-3-21-11-5-6-14-29(21)15-13-26-24(25-4-2)27-18-19-9-7-10-20(17-19)28-23(30)22-12-8-16-31-22/h7,9-10,17,21-22H,3-6,8,11-16,18H2,1-2H3,(H,28,30)(H2,25,26,27). The molecule has 2 heterocycles. The zero-order valence-corrected chi connectivity index (χ0v) is 19.2. The Morgan fingerprint density at radius 1 is 1.19 bits per heavy atom. The number of rotatable bonds is 9. The lowest BCUT2D eigenvalue weighted by Crippen LogP contribution is -2.45. The smallest absolute Gasteiger partial charge is 0.253 e. The molecule has 172 valence electrons. The fourth-order valence-electron chi connectivity index (χ4n) is 4.40. The Balaban J connectivity index is 1.50. The van der Waals surface area contributed by atoms with E-state index >= 15 is 0 Å². The summed E-state index contributed by atoms with van der Waals surface area (Å²) in [6.07, 6.45) is 6.65. The molecule has 0 aliphatic carbocycles. The Morgan fingerprint density at radius 2 is 2.10 bits per heavy atom. The van der Waals surface area contributed by atoms with Gasteiger partial charge >= 0.3 is 0 Å². The Bertz CT molecular complexity index is 718. The van der Waals surface area contributed by atoms with Crippen LogP contribution in [0.4, 0.5) is 5.69 Å². The minimum Gasteiger partial charge on any atom is -0.368 e. The summed E-state index contributed by atoms with van der Waals surface area (Å²) in [6.45, 7) is 9.57. The number of guanidine groups is 1. The van der Waals surface area contributed by atoms with Gasteiger partial charge in [0.15, 0.2) is 5.96 Å². The van der Waals surface area contributed by atoms with Crippen LogP contribution >= 0.6 is 0 Å². The third-order valence-corrected chi connectivity index (χ3v) is 6.09. The summed E-state index contributed by atoms with van der Waals surface area (Å²) in [4.78, 5) is 19.6. The number of carbonyl (C=O) groups is 1.